The molecule has 2 fully saturated rings. The Bertz CT molecular complexity index is 903. The molecule has 1 N–H and O–H groups in total. The summed E-state index contributed by atoms with van der Waals surface area (Å²) in [5, 5.41) is 19.3. The van der Waals surface area contributed by atoms with Crippen LogP contribution >= 0.6 is 0 Å². The van der Waals surface area contributed by atoms with Crippen LogP contribution in [0.25, 0.3) is 0 Å². The van der Waals surface area contributed by atoms with Crippen LogP contribution in [0.4, 0.5) is 0 Å². The van der Waals surface area contributed by atoms with E-state index in [0.717, 1.165) is 31.5 Å². The fraction of sp³-hybridized carbons (Fsp3) is 0.417. The molecule has 0 spiro atoms. The van der Waals surface area contributed by atoms with E-state index in [1.54, 1.807) is 24.3 Å². The summed E-state index contributed by atoms with van der Waals surface area (Å²) in [6.45, 7) is 3.30. The highest BCUT2D eigenvalue weighted by molar-refractivity contribution is 5.97. The first kappa shape index (κ1) is 20.5. The zero-order chi connectivity index (χ0) is 20.9. The standard InChI is InChI=1S/C24H27N3O3/c25-16-19-8-4-5-9-21(19)24(29)27-14-15-30-22(17-26-12-10-20(28)11-13-26)23(27)18-6-2-1-3-7-18/h1-9,20,22-23,28H,10-15,17H2/t22-,23-/m0/s1. The maximum absolute atomic E-state index is 13.5. The van der Waals surface area contributed by atoms with E-state index in [9.17, 15) is 15.2 Å². The quantitative estimate of drug-likeness (QED) is 0.846. The van der Waals surface area contributed by atoms with Gasteiger partial charge in [0.1, 0.15) is 0 Å². The number of morpholine rings is 1. The summed E-state index contributed by atoms with van der Waals surface area (Å²) in [5.41, 5.74) is 1.85. The van der Waals surface area contributed by atoms with Crippen LogP contribution in [-0.4, -0.2) is 65.8 Å². The Morgan fingerprint density at radius 2 is 1.77 bits per heavy atom. The molecular weight excluding hydrogens is 378 g/mol. The predicted molar refractivity (Wildman–Crippen MR) is 113 cm³/mol. The van der Waals surface area contributed by atoms with Gasteiger partial charge in [-0.1, -0.05) is 42.5 Å². The number of likely N-dealkylation sites (tertiary alicyclic amines) is 1. The number of ether oxygens (including phenoxy) is 1. The van der Waals surface area contributed by atoms with Gasteiger partial charge in [-0.3, -0.25) is 4.79 Å². The van der Waals surface area contributed by atoms with Gasteiger partial charge in [0.05, 0.1) is 42.1 Å². The number of aliphatic hydroxyl groups is 1. The van der Waals surface area contributed by atoms with Crippen LogP contribution in [-0.2, 0) is 4.74 Å². The van der Waals surface area contributed by atoms with Gasteiger partial charge in [0, 0.05) is 26.2 Å². The average Bonchev–Trinajstić information content (AvgIpc) is 2.80. The van der Waals surface area contributed by atoms with Gasteiger partial charge < -0.3 is 19.6 Å². The van der Waals surface area contributed by atoms with E-state index >= 15 is 0 Å². The minimum absolute atomic E-state index is 0.136. The Hall–Kier alpha value is -2.72. The molecule has 0 aromatic heterocycles. The van der Waals surface area contributed by atoms with Crippen molar-refractivity contribution in [2.24, 2.45) is 0 Å². The van der Waals surface area contributed by atoms with Gasteiger partial charge in [0.2, 0.25) is 0 Å². The van der Waals surface area contributed by atoms with Crippen LogP contribution in [0.5, 0.6) is 0 Å². The van der Waals surface area contributed by atoms with Crippen molar-refractivity contribution in [3.63, 3.8) is 0 Å². The molecular formula is C24H27N3O3. The van der Waals surface area contributed by atoms with Crippen LogP contribution in [0.15, 0.2) is 54.6 Å². The van der Waals surface area contributed by atoms with E-state index in [0.29, 0.717) is 30.8 Å². The summed E-state index contributed by atoms with van der Waals surface area (Å²) in [6.07, 6.45) is 1.13. The van der Waals surface area contributed by atoms with Crippen LogP contribution in [0.2, 0.25) is 0 Å². The molecule has 2 saturated heterocycles. The molecule has 6 heteroatoms. The van der Waals surface area contributed by atoms with Crippen LogP contribution in [0.1, 0.15) is 40.4 Å². The highest BCUT2D eigenvalue weighted by atomic mass is 16.5. The minimum atomic E-state index is -0.231. The fourth-order valence-electron chi connectivity index (χ4n) is 4.44. The molecule has 0 bridgehead atoms. The number of benzene rings is 2. The molecule has 2 aromatic rings. The smallest absolute Gasteiger partial charge is 0.255 e. The van der Waals surface area contributed by atoms with Crippen molar-refractivity contribution in [1.82, 2.24) is 9.80 Å². The molecule has 2 aromatic carbocycles. The third kappa shape index (κ3) is 4.39. The topological polar surface area (TPSA) is 76.8 Å². The molecule has 4 rings (SSSR count). The van der Waals surface area contributed by atoms with Crippen molar-refractivity contribution in [2.75, 3.05) is 32.8 Å². The number of carbonyl (C=O) groups excluding carboxylic acids is 1. The Morgan fingerprint density at radius 3 is 2.50 bits per heavy atom. The van der Waals surface area contributed by atoms with Crippen molar-refractivity contribution in [2.45, 2.75) is 31.1 Å². The van der Waals surface area contributed by atoms with Crippen molar-refractivity contribution in [1.29, 1.82) is 5.26 Å². The SMILES string of the molecule is N#Cc1ccccc1C(=O)N1CCO[C@@H](CN2CCC(O)CC2)[C@@H]1c1ccccc1. The van der Waals surface area contributed by atoms with Gasteiger partial charge in [-0.25, -0.2) is 0 Å². The Balaban J connectivity index is 1.63. The maximum atomic E-state index is 13.5. The highest BCUT2D eigenvalue weighted by Gasteiger charge is 2.38. The summed E-state index contributed by atoms with van der Waals surface area (Å²) >= 11 is 0. The van der Waals surface area contributed by atoms with Crippen molar-refractivity contribution >= 4 is 5.91 Å². The van der Waals surface area contributed by atoms with Crippen molar-refractivity contribution in [3.05, 3.63) is 71.3 Å². The normalized spacial score (nSPS) is 23.1. The highest BCUT2D eigenvalue weighted by Crippen LogP contribution is 2.32. The lowest BCUT2D eigenvalue weighted by Crippen LogP contribution is -2.53. The fourth-order valence-corrected chi connectivity index (χ4v) is 4.44. The van der Waals surface area contributed by atoms with E-state index in [4.69, 9.17) is 4.74 Å². The molecule has 2 aliphatic heterocycles. The zero-order valence-electron chi connectivity index (χ0n) is 17.0. The van der Waals surface area contributed by atoms with Gasteiger partial charge in [-0.05, 0) is 30.5 Å². The van der Waals surface area contributed by atoms with Crippen LogP contribution in [0, 0.1) is 11.3 Å². The number of amides is 1. The molecule has 0 unspecified atom stereocenters. The lowest BCUT2D eigenvalue weighted by Gasteiger charge is -2.44. The lowest BCUT2D eigenvalue weighted by atomic mass is 9.95. The van der Waals surface area contributed by atoms with Gasteiger partial charge >= 0.3 is 0 Å². The lowest BCUT2D eigenvalue weighted by molar-refractivity contribution is -0.0770. The average molecular weight is 405 g/mol. The molecule has 1 amide bonds. The van der Waals surface area contributed by atoms with Crippen molar-refractivity contribution in [3.8, 4) is 6.07 Å². The number of rotatable bonds is 4. The second kappa shape index (κ2) is 9.40. The number of nitriles is 1. The number of hydrogen-bond acceptors (Lipinski definition) is 5. The second-order valence-electron chi connectivity index (χ2n) is 7.95. The molecule has 6 nitrogen and oxygen atoms in total. The maximum Gasteiger partial charge on any atom is 0.255 e. The first-order valence-electron chi connectivity index (χ1n) is 10.5. The first-order valence-corrected chi connectivity index (χ1v) is 10.5. The third-order valence-corrected chi connectivity index (χ3v) is 6.03. The van der Waals surface area contributed by atoms with E-state index in [1.165, 1.54) is 0 Å². The summed E-state index contributed by atoms with van der Waals surface area (Å²) in [6, 6.07) is 18.9. The van der Waals surface area contributed by atoms with Crippen LogP contribution < -0.4 is 0 Å². The van der Waals surface area contributed by atoms with Gasteiger partial charge in [-0.2, -0.15) is 5.26 Å². The number of piperidine rings is 1. The molecule has 2 atom stereocenters. The summed E-state index contributed by atoms with van der Waals surface area (Å²) < 4.78 is 6.18. The molecule has 2 heterocycles. The van der Waals surface area contributed by atoms with Gasteiger partial charge in [-0.15, -0.1) is 0 Å². The predicted octanol–water partition coefficient (Wildman–Crippen LogP) is 2.60. The van der Waals surface area contributed by atoms with Crippen LogP contribution in [0.3, 0.4) is 0 Å². The molecule has 156 valence electrons. The summed E-state index contributed by atoms with van der Waals surface area (Å²) in [4.78, 5) is 17.7. The van der Waals surface area contributed by atoms with Gasteiger partial charge in [0.25, 0.3) is 5.91 Å². The molecule has 2 aliphatic rings. The molecule has 0 saturated carbocycles. The Kier molecular flexibility index (Phi) is 6.44. The Morgan fingerprint density at radius 1 is 1.07 bits per heavy atom. The number of hydrogen-bond donors (Lipinski definition) is 1. The van der Waals surface area contributed by atoms with E-state index in [2.05, 4.69) is 11.0 Å². The molecule has 30 heavy (non-hydrogen) atoms. The minimum Gasteiger partial charge on any atom is -0.393 e. The van der Waals surface area contributed by atoms with E-state index in [-0.39, 0.29) is 24.2 Å². The third-order valence-electron chi connectivity index (χ3n) is 6.03. The van der Waals surface area contributed by atoms with Gasteiger partial charge in [0.15, 0.2) is 0 Å². The molecule has 0 radical (unpaired) electrons. The Labute approximate surface area is 177 Å². The monoisotopic (exact) mass is 405 g/mol. The van der Waals surface area contributed by atoms with E-state index in [1.807, 2.05) is 35.2 Å². The largest absolute Gasteiger partial charge is 0.393 e. The zero-order valence-corrected chi connectivity index (χ0v) is 17.0. The van der Waals surface area contributed by atoms with Crippen molar-refractivity contribution < 1.29 is 14.6 Å². The summed E-state index contributed by atoms with van der Waals surface area (Å²) in [5.74, 6) is -0.136. The first-order chi connectivity index (χ1) is 14.7. The van der Waals surface area contributed by atoms with E-state index < -0.39 is 0 Å². The molecule has 0 aliphatic carbocycles. The number of aliphatic hydroxyl groups excluding tert-OH is 1. The summed E-state index contributed by atoms with van der Waals surface area (Å²) in [7, 11) is 0. The second-order valence-corrected chi connectivity index (χ2v) is 7.95. The number of nitrogens with zero attached hydrogens (tertiary/aromatic N) is 3. The number of carbonyl (C=O) groups is 1.